The monoisotopic (exact) mass is 376 g/mol. The molecular formula is C22H24N4O2. The van der Waals surface area contributed by atoms with E-state index >= 15 is 0 Å². The minimum Gasteiger partial charge on any atom is -0.354 e. The molecule has 0 unspecified atom stereocenters. The van der Waals surface area contributed by atoms with Gasteiger partial charge < -0.3 is 20.5 Å². The van der Waals surface area contributed by atoms with E-state index in [9.17, 15) is 9.59 Å². The third-order valence-corrected chi connectivity index (χ3v) is 5.98. The number of nitrogens with zero attached hydrogens (tertiary/aromatic N) is 1. The summed E-state index contributed by atoms with van der Waals surface area (Å²) in [7, 11) is 3.97. The summed E-state index contributed by atoms with van der Waals surface area (Å²) in [6, 6.07) is 5.81. The number of fused-ring (bicyclic) bond motifs is 8. The molecule has 28 heavy (non-hydrogen) atoms. The van der Waals surface area contributed by atoms with Crippen LogP contribution < -0.4 is 10.6 Å². The third-order valence-electron chi connectivity index (χ3n) is 5.98. The highest BCUT2D eigenvalue weighted by molar-refractivity contribution is 6.17. The molecule has 6 heteroatoms. The molecule has 0 fully saturated rings. The fourth-order valence-corrected chi connectivity index (χ4v) is 4.68. The highest BCUT2D eigenvalue weighted by atomic mass is 16.2. The van der Waals surface area contributed by atoms with Crippen LogP contribution in [0.4, 0.5) is 0 Å². The maximum atomic E-state index is 12.6. The van der Waals surface area contributed by atoms with Crippen molar-refractivity contribution in [2.75, 3.05) is 27.2 Å². The molecule has 0 spiro atoms. The van der Waals surface area contributed by atoms with Crippen molar-refractivity contribution in [1.82, 2.24) is 20.5 Å². The van der Waals surface area contributed by atoms with Crippen LogP contribution in [0.1, 0.15) is 43.8 Å². The first-order valence-corrected chi connectivity index (χ1v) is 9.87. The van der Waals surface area contributed by atoms with Gasteiger partial charge >= 0.3 is 0 Å². The van der Waals surface area contributed by atoms with Crippen LogP contribution in [0.2, 0.25) is 0 Å². The molecule has 3 aromatic rings. The average Bonchev–Trinajstić information content (AvgIpc) is 3.36. The lowest BCUT2D eigenvalue weighted by Crippen LogP contribution is -2.31. The van der Waals surface area contributed by atoms with Gasteiger partial charge in [-0.1, -0.05) is 0 Å². The van der Waals surface area contributed by atoms with E-state index in [1.807, 2.05) is 37.2 Å². The number of aryl methyl sites for hydroxylation is 1. The van der Waals surface area contributed by atoms with Gasteiger partial charge in [0.2, 0.25) is 0 Å². The molecule has 0 saturated heterocycles. The van der Waals surface area contributed by atoms with E-state index in [-0.39, 0.29) is 11.8 Å². The van der Waals surface area contributed by atoms with Crippen LogP contribution in [-0.4, -0.2) is 48.9 Å². The van der Waals surface area contributed by atoms with Crippen molar-refractivity contribution in [3.63, 3.8) is 0 Å². The number of aromatic nitrogens is 1. The van der Waals surface area contributed by atoms with Gasteiger partial charge in [-0.2, -0.15) is 0 Å². The minimum atomic E-state index is -0.0647. The number of amides is 2. The molecule has 2 aliphatic rings. The summed E-state index contributed by atoms with van der Waals surface area (Å²) < 4.78 is 0. The van der Waals surface area contributed by atoms with Crippen LogP contribution in [0.3, 0.4) is 0 Å². The lowest BCUT2D eigenvalue weighted by Gasteiger charge is -2.10. The zero-order valence-electron chi connectivity index (χ0n) is 16.2. The Balaban J connectivity index is 1.65. The van der Waals surface area contributed by atoms with Gasteiger partial charge in [-0.3, -0.25) is 9.59 Å². The second kappa shape index (κ2) is 6.34. The molecule has 0 radical (unpaired) electrons. The Morgan fingerprint density at radius 3 is 2.82 bits per heavy atom. The first kappa shape index (κ1) is 17.3. The van der Waals surface area contributed by atoms with E-state index in [1.54, 1.807) is 0 Å². The maximum absolute atomic E-state index is 12.6. The molecule has 1 aliphatic carbocycles. The molecule has 1 aliphatic heterocycles. The van der Waals surface area contributed by atoms with E-state index in [0.29, 0.717) is 18.7 Å². The van der Waals surface area contributed by atoms with Crippen LogP contribution in [0.25, 0.3) is 21.8 Å². The van der Waals surface area contributed by atoms with E-state index in [4.69, 9.17) is 0 Å². The number of rotatable bonds is 4. The zero-order chi connectivity index (χ0) is 19.4. The van der Waals surface area contributed by atoms with Crippen molar-refractivity contribution in [2.24, 2.45) is 0 Å². The van der Waals surface area contributed by atoms with Crippen molar-refractivity contribution >= 4 is 33.6 Å². The van der Waals surface area contributed by atoms with Crippen LogP contribution in [0.5, 0.6) is 0 Å². The third kappa shape index (κ3) is 2.52. The smallest absolute Gasteiger partial charge is 0.252 e. The van der Waals surface area contributed by atoms with Crippen molar-refractivity contribution in [1.29, 1.82) is 0 Å². The predicted octanol–water partition coefficient (Wildman–Crippen LogP) is 2.34. The molecule has 2 amide bonds. The summed E-state index contributed by atoms with van der Waals surface area (Å²) in [5.74, 6) is -0.0212. The summed E-state index contributed by atoms with van der Waals surface area (Å²) in [5.41, 5.74) is 7.26. The Bertz CT molecular complexity index is 1140. The van der Waals surface area contributed by atoms with Gasteiger partial charge in [-0.15, -0.1) is 0 Å². The topological polar surface area (TPSA) is 77.2 Å². The number of H-pyrrole nitrogens is 1. The fraction of sp³-hybridized carbons (Fsp3) is 0.364. The molecule has 144 valence electrons. The lowest BCUT2D eigenvalue weighted by atomic mass is 9.93. The van der Waals surface area contributed by atoms with Gasteiger partial charge in [-0.05, 0) is 68.2 Å². The standard InChI is InChI=1S/C22H24N4O2/c1-26(2)9-8-23-21(27)12-6-7-17-15(10-12)18-16-11-24-22(28)19(16)13-4-3-5-14(13)20(18)25-17/h6-7,10,25H,3-5,8-9,11H2,1-2H3,(H,23,27)(H,24,28). The molecule has 0 saturated carbocycles. The van der Waals surface area contributed by atoms with Crippen LogP contribution in [0.15, 0.2) is 18.2 Å². The number of nitrogens with one attached hydrogen (secondary N) is 3. The Morgan fingerprint density at radius 2 is 2.00 bits per heavy atom. The van der Waals surface area contributed by atoms with Gasteiger partial charge in [0, 0.05) is 47.1 Å². The molecule has 2 aromatic carbocycles. The maximum Gasteiger partial charge on any atom is 0.252 e. The van der Waals surface area contributed by atoms with E-state index in [0.717, 1.165) is 58.7 Å². The average molecular weight is 376 g/mol. The fourth-order valence-electron chi connectivity index (χ4n) is 4.68. The Morgan fingerprint density at radius 1 is 1.18 bits per heavy atom. The zero-order valence-corrected chi connectivity index (χ0v) is 16.2. The SMILES string of the molecule is CN(C)CCNC(=O)c1ccc2[nH]c3c4c(c5c(c3c2c1)CNC5=O)CCC4. The summed E-state index contributed by atoms with van der Waals surface area (Å²) in [5, 5.41) is 8.11. The van der Waals surface area contributed by atoms with Crippen molar-refractivity contribution in [2.45, 2.75) is 25.8 Å². The molecule has 5 rings (SSSR count). The van der Waals surface area contributed by atoms with Crippen molar-refractivity contribution in [3.05, 3.63) is 46.0 Å². The predicted molar refractivity (Wildman–Crippen MR) is 110 cm³/mol. The Hall–Kier alpha value is -2.86. The number of benzene rings is 2. The second-order valence-corrected chi connectivity index (χ2v) is 8.04. The minimum absolute atomic E-state index is 0.0435. The van der Waals surface area contributed by atoms with Gasteiger partial charge in [0.05, 0.1) is 5.52 Å². The number of aromatic amines is 1. The summed E-state index contributed by atoms with van der Waals surface area (Å²) >= 11 is 0. The van der Waals surface area contributed by atoms with Gasteiger partial charge in [0.15, 0.2) is 0 Å². The molecule has 0 atom stereocenters. The molecule has 3 N–H and O–H groups in total. The number of hydrogen-bond acceptors (Lipinski definition) is 3. The quantitative estimate of drug-likeness (QED) is 0.654. The molecule has 2 heterocycles. The number of carbonyl (C=O) groups is 2. The number of hydrogen-bond donors (Lipinski definition) is 3. The Labute approximate surface area is 163 Å². The van der Waals surface area contributed by atoms with Crippen LogP contribution >= 0.6 is 0 Å². The van der Waals surface area contributed by atoms with Gasteiger partial charge in [0.25, 0.3) is 11.8 Å². The van der Waals surface area contributed by atoms with E-state index in [1.165, 1.54) is 11.1 Å². The molecule has 1 aromatic heterocycles. The number of carbonyl (C=O) groups excluding carboxylic acids is 2. The summed E-state index contributed by atoms with van der Waals surface area (Å²) in [6.07, 6.45) is 3.05. The lowest BCUT2D eigenvalue weighted by molar-refractivity contribution is 0.0947. The van der Waals surface area contributed by atoms with Crippen molar-refractivity contribution in [3.8, 4) is 0 Å². The summed E-state index contributed by atoms with van der Waals surface area (Å²) in [6.45, 7) is 1.97. The molecule has 0 bridgehead atoms. The highest BCUT2D eigenvalue weighted by Crippen LogP contribution is 2.41. The molecular weight excluding hydrogens is 352 g/mol. The van der Waals surface area contributed by atoms with Crippen molar-refractivity contribution < 1.29 is 9.59 Å². The Kier molecular flexibility index (Phi) is 3.91. The summed E-state index contributed by atoms with van der Waals surface area (Å²) in [4.78, 5) is 30.7. The highest BCUT2D eigenvalue weighted by Gasteiger charge is 2.31. The van der Waals surface area contributed by atoms with Gasteiger partial charge in [0.1, 0.15) is 0 Å². The van der Waals surface area contributed by atoms with Gasteiger partial charge in [-0.25, -0.2) is 0 Å². The van der Waals surface area contributed by atoms with E-state index < -0.39 is 0 Å². The van der Waals surface area contributed by atoms with Crippen LogP contribution in [-0.2, 0) is 19.4 Å². The van der Waals surface area contributed by atoms with Crippen LogP contribution in [0, 0.1) is 0 Å². The second-order valence-electron chi connectivity index (χ2n) is 8.04. The first-order chi connectivity index (χ1) is 13.5. The largest absolute Gasteiger partial charge is 0.354 e. The van der Waals surface area contributed by atoms with E-state index in [2.05, 4.69) is 15.6 Å². The normalized spacial score (nSPS) is 15.3. The first-order valence-electron chi connectivity index (χ1n) is 9.87. The molecule has 6 nitrogen and oxygen atoms in total. The number of likely N-dealkylation sites (N-methyl/N-ethyl adjacent to an activating group) is 1.